The van der Waals surface area contributed by atoms with E-state index in [-0.39, 0.29) is 19.3 Å². The predicted octanol–water partition coefficient (Wildman–Crippen LogP) is 5.36. The molecule has 0 amide bonds. The smallest absolute Gasteiger partial charge is 0.119 e. The molecule has 1 aliphatic heterocycles. The fourth-order valence-electron chi connectivity index (χ4n) is 5.41. The summed E-state index contributed by atoms with van der Waals surface area (Å²) < 4.78 is 23.7. The third-order valence-corrected chi connectivity index (χ3v) is 7.77. The normalized spacial score (nSPS) is 17.6. The van der Waals surface area contributed by atoms with E-state index in [0.717, 1.165) is 53.6 Å². The first kappa shape index (κ1) is 31.1. The number of nitrogens with one attached hydrogen (secondary N) is 1. The first-order chi connectivity index (χ1) is 21.2. The molecule has 7 heteroatoms. The molecule has 1 aliphatic rings. The Kier molecular flexibility index (Phi) is 12.0. The van der Waals surface area contributed by atoms with Crippen molar-refractivity contribution in [1.29, 1.82) is 0 Å². The molecule has 1 heterocycles. The van der Waals surface area contributed by atoms with Crippen molar-refractivity contribution >= 4 is 10.8 Å². The minimum atomic E-state index is -0.845. The van der Waals surface area contributed by atoms with E-state index in [1.165, 1.54) is 11.1 Å². The van der Waals surface area contributed by atoms with Crippen LogP contribution in [0.15, 0.2) is 91.0 Å². The van der Waals surface area contributed by atoms with Crippen LogP contribution in [0.4, 0.5) is 0 Å². The SMILES string of the molecule is OC[C@@H](O)COCc1ccc2cc(CO[C@H]3CNCC[C@H]3c3ccc(OCCCOCc4ccccc4)cc3)ccc2c1. The number of piperidine rings is 1. The predicted molar refractivity (Wildman–Crippen MR) is 168 cm³/mol. The molecule has 0 spiro atoms. The summed E-state index contributed by atoms with van der Waals surface area (Å²) in [6.07, 6.45) is 1.12. The zero-order chi connectivity index (χ0) is 29.7. The molecule has 0 unspecified atom stereocenters. The third kappa shape index (κ3) is 9.60. The Morgan fingerprint density at radius 1 is 0.767 bits per heavy atom. The summed E-state index contributed by atoms with van der Waals surface area (Å²) in [5, 5.41) is 24.2. The van der Waals surface area contributed by atoms with Gasteiger partial charge in [-0.1, -0.05) is 66.7 Å². The topological polar surface area (TPSA) is 89.4 Å². The Balaban J connectivity index is 1.08. The number of ether oxygens (including phenoxy) is 4. The number of aliphatic hydroxyl groups excluding tert-OH is 2. The van der Waals surface area contributed by atoms with E-state index in [9.17, 15) is 5.11 Å². The summed E-state index contributed by atoms with van der Waals surface area (Å²) in [6.45, 7) is 4.50. The minimum Gasteiger partial charge on any atom is -0.494 e. The molecular formula is C36H43NO6. The highest BCUT2D eigenvalue weighted by molar-refractivity contribution is 5.83. The molecule has 7 nitrogen and oxygen atoms in total. The molecule has 3 N–H and O–H groups in total. The van der Waals surface area contributed by atoms with Gasteiger partial charge in [0.05, 0.1) is 52.4 Å². The maximum absolute atomic E-state index is 9.45. The fourth-order valence-corrected chi connectivity index (χ4v) is 5.41. The largest absolute Gasteiger partial charge is 0.494 e. The third-order valence-electron chi connectivity index (χ3n) is 7.77. The molecule has 0 saturated carbocycles. The maximum Gasteiger partial charge on any atom is 0.119 e. The van der Waals surface area contributed by atoms with Gasteiger partial charge in [-0.3, -0.25) is 0 Å². The van der Waals surface area contributed by atoms with Crippen LogP contribution in [0.5, 0.6) is 5.75 Å². The molecule has 0 aliphatic carbocycles. The zero-order valence-electron chi connectivity index (χ0n) is 24.7. The molecule has 5 rings (SSSR count). The molecule has 0 radical (unpaired) electrons. The van der Waals surface area contributed by atoms with Gasteiger partial charge in [0.2, 0.25) is 0 Å². The lowest BCUT2D eigenvalue weighted by Gasteiger charge is -2.32. The monoisotopic (exact) mass is 585 g/mol. The minimum absolute atomic E-state index is 0.0896. The van der Waals surface area contributed by atoms with Crippen molar-refractivity contribution < 1.29 is 29.2 Å². The number of fused-ring (bicyclic) bond motifs is 1. The van der Waals surface area contributed by atoms with Gasteiger partial charge in [0.15, 0.2) is 0 Å². The number of aliphatic hydroxyl groups is 2. The van der Waals surface area contributed by atoms with Crippen LogP contribution in [0.3, 0.4) is 0 Å². The van der Waals surface area contributed by atoms with E-state index in [4.69, 9.17) is 24.1 Å². The number of hydrogen-bond acceptors (Lipinski definition) is 7. The van der Waals surface area contributed by atoms with Crippen LogP contribution in [0.1, 0.15) is 41.0 Å². The lowest BCUT2D eigenvalue weighted by Crippen LogP contribution is -2.40. The summed E-state index contributed by atoms with van der Waals surface area (Å²) in [5.74, 6) is 1.21. The van der Waals surface area contributed by atoms with E-state index in [1.54, 1.807) is 0 Å². The molecule has 4 aromatic rings. The summed E-state index contributed by atoms with van der Waals surface area (Å²) in [5.41, 5.74) is 4.64. The van der Waals surface area contributed by atoms with Crippen molar-refractivity contribution in [3.05, 3.63) is 113 Å². The Bertz CT molecular complexity index is 1380. The van der Waals surface area contributed by atoms with Crippen molar-refractivity contribution in [1.82, 2.24) is 5.32 Å². The van der Waals surface area contributed by atoms with Gasteiger partial charge in [-0.05, 0) is 70.3 Å². The highest BCUT2D eigenvalue weighted by Crippen LogP contribution is 2.30. The van der Waals surface area contributed by atoms with Crippen molar-refractivity contribution in [2.75, 3.05) is 39.5 Å². The Morgan fingerprint density at radius 2 is 1.49 bits per heavy atom. The van der Waals surface area contributed by atoms with Crippen LogP contribution in [-0.4, -0.2) is 61.9 Å². The van der Waals surface area contributed by atoms with E-state index < -0.39 is 6.10 Å². The first-order valence-corrected chi connectivity index (χ1v) is 15.2. The fraction of sp³-hybridized carbons (Fsp3) is 0.389. The maximum atomic E-state index is 9.45. The molecule has 43 heavy (non-hydrogen) atoms. The molecular weight excluding hydrogens is 542 g/mol. The van der Waals surface area contributed by atoms with Gasteiger partial charge in [0.1, 0.15) is 11.9 Å². The molecule has 3 atom stereocenters. The Labute approximate surface area is 254 Å². The van der Waals surface area contributed by atoms with Gasteiger partial charge in [-0.2, -0.15) is 0 Å². The highest BCUT2D eigenvalue weighted by atomic mass is 16.5. The van der Waals surface area contributed by atoms with Crippen LogP contribution in [0.2, 0.25) is 0 Å². The first-order valence-electron chi connectivity index (χ1n) is 15.2. The van der Waals surface area contributed by atoms with E-state index in [0.29, 0.717) is 39.0 Å². The second-order valence-corrected chi connectivity index (χ2v) is 11.1. The lowest BCUT2D eigenvalue weighted by molar-refractivity contribution is 0.0000498. The summed E-state index contributed by atoms with van der Waals surface area (Å²) in [7, 11) is 0. The number of benzene rings is 4. The van der Waals surface area contributed by atoms with Crippen LogP contribution >= 0.6 is 0 Å². The van der Waals surface area contributed by atoms with E-state index in [2.05, 4.69) is 72.0 Å². The van der Waals surface area contributed by atoms with Gasteiger partial charge in [-0.15, -0.1) is 0 Å². The zero-order valence-corrected chi connectivity index (χ0v) is 24.7. The standard InChI is InChI=1S/C36H43NO6/c38-22-33(39)26-41-24-28-7-9-32-20-29(8-10-31(32)19-28)25-43-36-21-37-16-15-35(36)30-11-13-34(14-12-30)42-18-4-17-40-23-27-5-2-1-3-6-27/h1-3,5-14,19-20,33,35-39H,4,15-18,21-26H2/t33-,35+,36+/m1/s1. The van der Waals surface area contributed by atoms with E-state index in [1.807, 2.05) is 24.3 Å². The Hall–Kier alpha value is -3.30. The number of hydrogen-bond donors (Lipinski definition) is 3. The lowest BCUT2D eigenvalue weighted by atomic mass is 9.87. The van der Waals surface area contributed by atoms with Gasteiger partial charge >= 0.3 is 0 Å². The van der Waals surface area contributed by atoms with Crippen molar-refractivity contribution in [2.45, 2.75) is 50.8 Å². The van der Waals surface area contributed by atoms with Crippen LogP contribution in [-0.2, 0) is 34.0 Å². The molecule has 0 aromatic heterocycles. The summed E-state index contributed by atoms with van der Waals surface area (Å²) in [4.78, 5) is 0. The molecule has 0 bridgehead atoms. The van der Waals surface area contributed by atoms with Crippen LogP contribution < -0.4 is 10.1 Å². The van der Waals surface area contributed by atoms with Gasteiger partial charge in [-0.25, -0.2) is 0 Å². The second-order valence-electron chi connectivity index (χ2n) is 11.1. The van der Waals surface area contributed by atoms with Gasteiger partial charge in [0.25, 0.3) is 0 Å². The van der Waals surface area contributed by atoms with Crippen LogP contribution in [0.25, 0.3) is 10.8 Å². The molecule has 1 fully saturated rings. The average Bonchev–Trinajstić information content (AvgIpc) is 3.06. The summed E-state index contributed by atoms with van der Waals surface area (Å²) >= 11 is 0. The molecule has 228 valence electrons. The van der Waals surface area contributed by atoms with Crippen molar-refractivity contribution in [3.63, 3.8) is 0 Å². The van der Waals surface area contributed by atoms with E-state index >= 15 is 0 Å². The molecule has 4 aromatic carbocycles. The van der Waals surface area contributed by atoms with Gasteiger partial charge in [0, 0.05) is 18.9 Å². The van der Waals surface area contributed by atoms with Crippen molar-refractivity contribution in [2.24, 2.45) is 0 Å². The van der Waals surface area contributed by atoms with Gasteiger partial charge < -0.3 is 34.5 Å². The quantitative estimate of drug-likeness (QED) is 0.153. The highest BCUT2D eigenvalue weighted by Gasteiger charge is 2.27. The van der Waals surface area contributed by atoms with Crippen molar-refractivity contribution in [3.8, 4) is 5.75 Å². The second kappa shape index (κ2) is 16.5. The average molecular weight is 586 g/mol. The Morgan fingerprint density at radius 3 is 2.23 bits per heavy atom. The van der Waals surface area contributed by atoms with Crippen LogP contribution in [0, 0.1) is 0 Å². The summed E-state index contributed by atoms with van der Waals surface area (Å²) in [6, 6.07) is 31.3. The number of rotatable bonds is 16. The molecule has 1 saturated heterocycles.